The Bertz CT molecular complexity index is 378. The summed E-state index contributed by atoms with van der Waals surface area (Å²) in [4.78, 5) is 24.8. The van der Waals surface area contributed by atoms with E-state index in [0.29, 0.717) is 6.54 Å². The first kappa shape index (κ1) is 17.8. The number of carboxylic acids is 1. The van der Waals surface area contributed by atoms with Gasteiger partial charge in [-0.25, -0.2) is 4.79 Å². The predicted octanol–water partition coefficient (Wildman–Crippen LogP) is 2.23. The van der Waals surface area contributed by atoms with E-state index in [-0.39, 0.29) is 18.2 Å². The summed E-state index contributed by atoms with van der Waals surface area (Å²) in [5, 5.41) is 11.9. The maximum Gasteiger partial charge on any atom is 0.410 e. The molecule has 0 bridgehead atoms. The van der Waals surface area contributed by atoms with E-state index in [4.69, 9.17) is 9.84 Å². The number of ether oxygens (including phenoxy) is 1. The highest BCUT2D eigenvalue weighted by Gasteiger charge is 2.33. The molecule has 3 unspecified atom stereocenters. The molecule has 0 spiro atoms. The van der Waals surface area contributed by atoms with Gasteiger partial charge in [-0.1, -0.05) is 0 Å². The second-order valence-electron chi connectivity index (χ2n) is 6.83. The summed E-state index contributed by atoms with van der Waals surface area (Å²) in [6.07, 6.45) is 2.36. The van der Waals surface area contributed by atoms with Crippen molar-refractivity contribution in [1.82, 2.24) is 10.2 Å². The summed E-state index contributed by atoms with van der Waals surface area (Å²) in [7, 11) is 0. The topological polar surface area (TPSA) is 78.9 Å². The Labute approximate surface area is 126 Å². The molecule has 0 aromatic heterocycles. The number of amides is 1. The van der Waals surface area contributed by atoms with Crippen LogP contribution in [-0.2, 0) is 9.53 Å². The lowest BCUT2D eigenvalue weighted by atomic mass is 10.1. The van der Waals surface area contributed by atoms with Gasteiger partial charge in [0.15, 0.2) is 0 Å². The summed E-state index contributed by atoms with van der Waals surface area (Å²) in [6, 6.07) is -0.441. The van der Waals surface area contributed by atoms with Crippen LogP contribution in [-0.4, -0.2) is 52.3 Å². The van der Waals surface area contributed by atoms with Crippen molar-refractivity contribution in [2.75, 3.05) is 6.54 Å². The molecule has 1 aliphatic rings. The average molecular weight is 300 g/mol. The number of nitrogens with one attached hydrogen (secondary N) is 1. The molecule has 1 amide bonds. The summed E-state index contributed by atoms with van der Waals surface area (Å²) >= 11 is 0. The van der Waals surface area contributed by atoms with E-state index in [2.05, 4.69) is 5.32 Å². The van der Waals surface area contributed by atoms with Gasteiger partial charge in [0.05, 0.1) is 0 Å². The van der Waals surface area contributed by atoms with E-state index >= 15 is 0 Å². The smallest absolute Gasteiger partial charge is 0.410 e. The Morgan fingerprint density at radius 2 is 2.00 bits per heavy atom. The van der Waals surface area contributed by atoms with Gasteiger partial charge in [0.25, 0.3) is 0 Å². The quantitative estimate of drug-likeness (QED) is 0.814. The molecule has 3 atom stereocenters. The molecule has 6 nitrogen and oxygen atoms in total. The highest BCUT2D eigenvalue weighted by molar-refractivity contribution is 5.72. The molecule has 0 saturated carbocycles. The number of carbonyl (C=O) groups is 2. The van der Waals surface area contributed by atoms with Gasteiger partial charge in [-0.3, -0.25) is 4.79 Å². The second kappa shape index (κ2) is 7.11. The van der Waals surface area contributed by atoms with Gasteiger partial charge >= 0.3 is 12.1 Å². The SMILES string of the molecule is CC(CC1CCCN1C(=O)OC(C)(C)C)NC(C)C(=O)O. The third-order valence-corrected chi connectivity index (χ3v) is 3.54. The molecule has 21 heavy (non-hydrogen) atoms. The van der Waals surface area contributed by atoms with Crippen LogP contribution in [0, 0.1) is 0 Å². The molecular weight excluding hydrogens is 272 g/mol. The van der Waals surface area contributed by atoms with Crippen molar-refractivity contribution in [2.24, 2.45) is 0 Å². The van der Waals surface area contributed by atoms with Crippen LogP contribution in [0.3, 0.4) is 0 Å². The molecule has 1 rings (SSSR count). The maximum absolute atomic E-state index is 12.2. The number of nitrogens with zero attached hydrogens (tertiary/aromatic N) is 1. The Hall–Kier alpha value is -1.30. The number of carbonyl (C=O) groups excluding carboxylic acids is 1. The van der Waals surface area contributed by atoms with Crippen molar-refractivity contribution < 1.29 is 19.4 Å². The summed E-state index contributed by atoms with van der Waals surface area (Å²) in [5.74, 6) is -0.864. The highest BCUT2D eigenvalue weighted by Crippen LogP contribution is 2.24. The number of rotatable bonds is 5. The minimum atomic E-state index is -0.864. The van der Waals surface area contributed by atoms with Crippen LogP contribution in [0.2, 0.25) is 0 Å². The zero-order valence-electron chi connectivity index (χ0n) is 13.7. The van der Waals surface area contributed by atoms with Gasteiger partial charge in [0.2, 0.25) is 0 Å². The van der Waals surface area contributed by atoms with Crippen molar-refractivity contribution >= 4 is 12.1 Å². The molecule has 6 heteroatoms. The Morgan fingerprint density at radius 1 is 1.38 bits per heavy atom. The van der Waals surface area contributed by atoms with Crippen LogP contribution in [0.1, 0.15) is 53.9 Å². The third kappa shape index (κ3) is 5.91. The van der Waals surface area contributed by atoms with Crippen molar-refractivity contribution in [2.45, 2.75) is 77.6 Å². The summed E-state index contributed by atoms with van der Waals surface area (Å²) < 4.78 is 5.43. The normalized spacial score (nSPS) is 22.0. The van der Waals surface area contributed by atoms with E-state index in [1.54, 1.807) is 11.8 Å². The molecule has 0 aromatic carbocycles. The zero-order valence-corrected chi connectivity index (χ0v) is 13.7. The van der Waals surface area contributed by atoms with Gasteiger partial charge in [-0.15, -0.1) is 0 Å². The van der Waals surface area contributed by atoms with Crippen LogP contribution >= 0.6 is 0 Å². The number of carboxylic acid groups (broad SMARTS) is 1. The number of likely N-dealkylation sites (tertiary alicyclic amines) is 1. The molecular formula is C15H28N2O4. The molecule has 1 fully saturated rings. The van der Waals surface area contributed by atoms with E-state index in [1.807, 2.05) is 27.7 Å². The van der Waals surface area contributed by atoms with Crippen LogP contribution in [0.15, 0.2) is 0 Å². The van der Waals surface area contributed by atoms with E-state index in [9.17, 15) is 9.59 Å². The van der Waals surface area contributed by atoms with Crippen molar-refractivity contribution in [3.8, 4) is 0 Å². The Balaban J connectivity index is 2.53. The fraction of sp³-hybridized carbons (Fsp3) is 0.867. The number of hydrogen-bond acceptors (Lipinski definition) is 4. The molecule has 2 N–H and O–H groups in total. The lowest BCUT2D eigenvalue weighted by molar-refractivity contribution is -0.139. The molecule has 0 aliphatic carbocycles. The van der Waals surface area contributed by atoms with E-state index in [1.165, 1.54) is 0 Å². The van der Waals surface area contributed by atoms with E-state index in [0.717, 1.165) is 19.3 Å². The minimum absolute atomic E-state index is 0.0316. The van der Waals surface area contributed by atoms with Gasteiger partial charge in [-0.2, -0.15) is 0 Å². The minimum Gasteiger partial charge on any atom is -0.480 e. The monoisotopic (exact) mass is 300 g/mol. The number of aliphatic carboxylic acids is 1. The van der Waals surface area contributed by atoms with Crippen LogP contribution < -0.4 is 5.32 Å². The molecule has 1 heterocycles. The second-order valence-corrected chi connectivity index (χ2v) is 6.83. The fourth-order valence-electron chi connectivity index (χ4n) is 2.62. The average Bonchev–Trinajstić information content (AvgIpc) is 2.74. The predicted molar refractivity (Wildman–Crippen MR) is 80.3 cm³/mol. The van der Waals surface area contributed by atoms with E-state index < -0.39 is 17.6 Å². The van der Waals surface area contributed by atoms with Crippen LogP contribution in [0.5, 0.6) is 0 Å². The van der Waals surface area contributed by atoms with Gasteiger partial charge < -0.3 is 20.1 Å². The largest absolute Gasteiger partial charge is 0.480 e. The lowest BCUT2D eigenvalue weighted by Crippen LogP contribution is -2.45. The molecule has 0 radical (unpaired) electrons. The first-order valence-corrected chi connectivity index (χ1v) is 7.58. The first-order chi connectivity index (χ1) is 9.60. The fourth-order valence-corrected chi connectivity index (χ4v) is 2.62. The summed E-state index contributed by atoms with van der Waals surface area (Å²) in [6.45, 7) is 9.85. The van der Waals surface area contributed by atoms with Crippen molar-refractivity contribution in [3.05, 3.63) is 0 Å². The third-order valence-electron chi connectivity index (χ3n) is 3.54. The molecule has 0 aromatic rings. The van der Waals surface area contributed by atoms with Gasteiger partial charge in [0.1, 0.15) is 11.6 Å². The lowest BCUT2D eigenvalue weighted by Gasteiger charge is -2.30. The molecule has 1 aliphatic heterocycles. The Kier molecular flexibility index (Phi) is 6.01. The van der Waals surface area contributed by atoms with Gasteiger partial charge in [-0.05, 0) is 53.9 Å². The van der Waals surface area contributed by atoms with Crippen LogP contribution in [0.25, 0.3) is 0 Å². The Morgan fingerprint density at radius 3 is 2.52 bits per heavy atom. The molecule has 122 valence electrons. The summed E-state index contributed by atoms with van der Waals surface area (Å²) in [5.41, 5.74) is -0.494. The number of hydrogen-bond donors (Lipinski definition) is 2. The van der Waals surface area contributed by atoms with Crippen LogP contribution in [0.4, 0.5) is 4.79 Å². The zero-order chi connectivity index (χ0) is 16.2. The molecule has 1 saturated heterocycles. The maximum atomic E-state index is 12.2. The van der Waals surface area contributed by atoms with Crippen molar-refractivity contribution in [3.63, 3.8) is 0 Å². The standard InChI is InChI=1S/C15H28N2O4/c1-10(16-11(2)13(18)19)9-12-7-6-8-17(12)14(20)21-15(3,4)5/h10-12,16H,6-9H2,1-5H3,(H,18,19). The highest BCUT2D eigenvalue weighted by atomic mass is 16.6. The first-order valence-electron chi connectivity index (χ1n) is 7.58. The van der Waals surface area contributed by atoms with Crippen molar-refractivity contribution in [1.29, 1.82) is 0 Å². The van der Waals surface area contributed by atoms with Gasteiger partial charge in [0, 0.05) is 18.6 Å².